The molecule has 0 spiro atoms. The van der Waals surface area contributed by atoms with E-state index in [1.165, 1.54) is 18.9 Å². The first kappa shape index (κ1) is 18.3. The Morgan fingerprint density at radius 2 is 1.81 bits per heavy atom. The van der Waals surface area contributed by atoms with Gasteiger partial charge in [0.15, 0.2) is 17.5 Å². The Hall–Kier alpha value is -2.54. The molecule has 26 heavy (non-hydrogen) atoms. The number of rotatable bonds is 3. The van der Waals surface area contributed by atoms with Crippen molar-refractivity contribution in [2.75, 3.05) is 0 Å². The van der Waals surface area contributed by atoms with E-state index in [9.17, 15) is 8.78 Å². The van der Waals surface area contributed by atoms with Crippen molar-refractivity contribution in [3.8, 4) is 23.2 Å². The van der Waals surface area contributed by atoms with Crippen molar-refractivity contribution in [1.82, 2.24) is 9.97 Å². The summed E-state index contributed by atoms with van der Waals surface area (Å²) in [6.07, 6.45) is 13.6. The fraction of sp³-hybridized carbons (Fsp3) is 0.364. The quantitative estimate of drug-likeness (QED) is 0.535. The lowest BCUT2D eigenvalue weighted by Gasteiger charge is -2.23. The first-order valence-corrected chi connectivity index (χ1v) is 9.11. The van der Waals surface area contributed by atoms with Gasteiger partial charge in [0.05, 0.1) is 5.56 Å². The van der Waals surface area contributed by atoms with Gasteiger partial charge in [-0.3, -0.25) is 0 Å². The van der Waals surface area contributed by atoms with Crippen LogP contribution in [-0.2, 0) is 0 Å². The maximum absolute atomic E-state index is 13.3. The van der Waals surface area contributed by atoms with Gasteiger partial charge >= 0.3 is 0 Å². The molecule has 4 heteroatoms. The fourth-order valence-corrected chi connectivity index (χ4v) is 3.15. The Balaban J connectivity index is 1.61. The van der Waals surface area contributed by atoms with Crippen LogP contribution in [0.3, 0.4) is 0 Å². The van der Waals surface area contributed by atoms with Gasteiger partial charge in [0.2, 0.25) is 0 Å². The number of hydrogen-bond acceptors (Lipinski definition) is 2. The first-order chi connectivity index (χ1) is 12.7. The zero-order valence-electron chi connectivity index (χ0n) is 14.9. The highest BCUT2D eigenvalue weighted by atomic mass is 19.2. The summed E-state index contributed by atoms with van der Waals surface area (Å²) in [4.78, 5) is 8.43. The highest BCUT2D eigenvalue weighted by Crippen LogP contribution is 2.29. The summed E-state index contributed by atoms with van der Waals surface area (Å²) in [7, 11) is 0. The molecule has 2 nitrogen and oxygen atoms in total. The molecular weight excluding hydrogens is 330 g/mol. The third-order valence-corrected chi connectivity index (χ3v) is 4.67. The van der Waals surface area contributed by atoms with Crippen LogP contribution >= 0.6 is 0 Å². The van der Waals surface area contributed by atoms with E-state index in [4.69, 9.17) is 0 Å². The van der Waals surface area contributed by atoms with Crippen molar-refractivity contribution in [3.05, 3.63) is 59.9 Å². The maximum Gasteiger partial charge on any atom is 0.159 e. The molecule has 0 saturated heterocycles. The molecule has 0 aliphatic heterocycles. The minimum Gasteiger partial charge on any atom is -0.235 e. The van der Waals surface area contributed by atoms with Gasteiger partial charge in [0.1, 0.15) is 0 Å². The largest absolute Gasteiger partial charge is 0.235 e. The summed E-state index contributed by atoms with van der Waals surface area (Å²) in [5, 5.41) is 0. The van der Waals surface area contributed by atoms with E-state index < -0.39 is 11.6 Å². The van der Waals surface area contributed by atoms with Crippen molar-refractivity contribution < 1.29 is 8.78 Å². The van der Waals surface area contributed by atoms with E-state index in [1.807, 2.05) is 0 Å². The smallest absolute Gasteiger partial charge is 0.159 e. The Labute approximate surface area is 153 Å². The maximum atomic E-state index is 13.3. The molecule has 134 valence electrons. The first-order valence-electron chi connectivity index (χ1n) is 9.11. The van der Waals surface area contributed by atoms with Gasteiger partial charge in [0.25, 0.3) is 0 Å². The molecule has 1 aliphatic carbocycles. The predicted molar refractivity (Wildman–Crippen MR) is 99.1 cm³/mol. The molecule has 0 bridgehead atoms. The lowest BCUT2D eigenvalue weighted by atomic mass is 9.82. The predicted octanol–water partition coefficient (Wildman–Crippen LogP) is 5.55. The van der Waals surface area contributed by atoms with Crippen molar-refractivity contribution in [2.45, 2.75) is 39.0 Å². The molecule has 1 saturated carbocycles. The average Bonchev–Trinajstić information content (AvgIpc) is 2.68. The number of halogens is 2. The summed E-state index contributed by atoms with van der Waals surface area (Å²) < 4.78 is 26.3. The van der Waals surface area contributed by atoms with Crippen LogP contribution in [0.25, 0.3) is 11.4 Å². The molecule has 0 N–H and O–H groups in total. The number of aromatic nitrogens is 2. The second-order valence-electron chi connectivity index (χ2n) is 6.64. The van der Waals surface area contributed by atoms with Gasteiger partial charge < -0.3 is 0 Å². The summed E-state index contributed by atoms with van der Waals surface area (Å²) in [5.41, 5.74) is 1.19. The van der Waals surface area contributed by atoms with Crippen LogP contribution in [0.15, 0.2) is 42.7 Å². The zero-order valence-corrected chi connectivity index (χ0v) is 14.9. The SMILES string of the molecule is CCC=C[C@H]1CC[C@H](C#Cc2cnc(-c3ccc(F)c(F)c3)nc2)CC1. The van der Waals surface area contributed by atoms with E-state index >= 15 is 0 Å². The summed E-state index contributed by atoms with van der Waals surface area (Å²) >= 11 is 0. The van der Waals surface area contributed by atoms with Crippen LogP contribution in [0.1, 0.15) is 44.6 Å². The van der Waals surface area contributed by atoms with Crippen molar-refractivity contribution in [1.29, 1.82) is 0 Å². The van der Waals surface area contributed by atoms with Gasteiger partial charge in [-0.15, -0.1) is 0 Å². The standard InChI is InChI=1S/C22H22F2N2/c1-2-3-4-16-5-7-17(8-6-16)9-10-18-14-25-22(26-15-18)19-11-12-20(23)21(24)13-19/h3-4,11-17H,2,5-8H2,1H3/t16-,17-. The van der Waals surface area contributed by atoms with Gasteiger partial charge in [-0.05, 0) is 56.2 Å². The molecule has 1 fully saturated rings. The van der Waals surface area contributed by atoms with E-state index in [2.05, 4.69) is 40.9 Å². The summed E-state index contributed by atoms with van der Waals surface area (Å²) in [6, 6.07) is 3.64. The molecule has 1 aliphatic rings. The number of nitrogens with zero attached hydrogens (tertiary/aromatic N) is 2. The van der Waals surface area contributed by atoms with Crippen LogP contribution in [-0.4, -0.2) is 9.97 Å². The van der Waals surface area contributed by atoms with Crippen molar-refractivity contribution in [2.24, 2.45) is 11.8 Å². The molecular formula is C22H22F2N2. The molecule has 3 rings (SSSR count). The Morgan fingerprint density at radius 3 is 2.46 bits per heavy atom. The molecule has 1 heterocycles. The monoisotopic (exact) mass is 352 g/mol. The minimum absolute atomic E-state index is 0.359. The number of benzene rings is 1. The normalized spacial score (nSPS) is 20.0. The average molecular weight is 352 g/mol. The second kappa shape index (κ2) is 8.71. The van der Waals surface area contributed by atoms with E-state index in [-0.39, 0.29) is 0 Å². The summed E-state index contributed by atoms with van der Waals surface area (Å²) in [5.74, 6) is 6.17. The second-order valence-corrected chi connectivity index (χ2v) is 6.64. The lowest BCUT2D eigenvalue weighted by molar-refractivity contribution is 0.364. The van der Waals surface area contributed by atoms with Gasteiger partial charge in [-0.25, -0.2) is 18.7 Å². The zero-order chi connectivity index (χ0) is 18.4. The van der Waals surface area contributed by atoms with Crippen LogP contribution in [0.5, 0.6) is 0 Å². The molecule has 0 unspecified atom stereocenters. The van der Waals surface area contributed by atoms with Crippen LogP contribution < -0.4 is 0 Å². The lowest BCUT2D eigenvalue weighted by Crippen LogP contribution is -2.11. The van der Waals surface area contributed by atoms with E-state index in [0.717, 1.165) is 37.0 Å². The molecule has 0 atom stereocenters. The fourth-order valence-electron chi connectivity index (χ4n) is 3.15. The third-order valence-electron chi connectivity index (χ3n) is 4.67. The van der Waals surface area contributed by atoms with Gasteiger partial charge in [0, 0.05) is 23.9 Å². The Bertz CT molecular complexity index is 823. The highest BCUT2D eigenvalue weighted by Gasteiger charge is 2.17. The van der Waals surface area contributed by atoms with E-state index in [0.29, 0.717) is 23.2 Å². The van der Waals surface area contributed by atoms with Crippen LogP contribution in [0.4, 0.5) is 8.78 Å². The molecule has 0 amide bonds. The van der Waals surface area contributed by atoms with Gasteiger partial charge in [-0.2, -0.15) is 0 Å². The summed E-state index contributed by atoms with van der Waals surface area (Å²) in [6.45, 7) is 2.16. The Morgan fingerprint density at radius 1 is 1.08 bits per heavy atom. The molecule has 1 aromatic carbocycles. The Kier molecular flexibility index (Phi) is 6.12. The third kappa shape index (κ3) is 4.76. The molecule has 0 radical (unpaired) electrons. The highest BCUT2D eigenvalue weighted by molar-refractivity contribution is 5.55. The number of allylic oxidation sites excluding steroid dienone is 2. The molecule has 1 aromatic heterocycles. The van der Waals surface area contributed by atoms with Crippen molar-refractivity contribution >= 4 is 0 Å². The van der Waals surface area contributed by atoms with Crippen LogP contribution in [0.2, 0.25) is 0 Å². The van der Waals surface area contributed by atoms with Gasteiger partial charge in [-0.1, -0.05) is 30.9 Å². The van der Waals surface area contributed by atoms with E-state index in [1.54, 1.807) is 12.4 Å². The van der Waals surface area contributed by atoms with Crippen molar-refractivity contribution in [3.63, 3.8) is 0 Å². The molecule has 2 aromatic rings. The minimum atomic E-state index is -0.903. The van der Waals surface area contributed by atoms with Crippen LogP contribution in [0, 0.1) is 35.3 Å². The number of hydrogen-bond donors (Lipinski definition) is 0. The topological polar surface area (TPSA) is 25.8 Å².